The number of rotatable bonds is 8. The number of pyridine rings is 1. The number of hydrogen-bond acceptors (Lipinski definition) is 7. The van der Waals surface area contributed by atoms with Crippen LogP contribution < -0.4 is 14.8 Å². The average Bonchev–Trinajstić information content (AvgIpc) is 2.98. The molecule has 0 radical (unpaired) electrons. The number of nitrogens with zero attached hydrogens (tertiary/aromatic N) is 3. The van der Waals surface area contributed by atoms with Gasteiger partial charge < -0.3 is 29.4 Å². The van der Waals surface area contributed by atoms with E-state index in [0.717, 1.165) is 24.4 Å². The number of benzene rings is 2. The minimum Gasteiger partial charge on any atom is -0.483 e. The number of anilines is 1. The fourth-order valence-electron chi connectivity index (χ4n) is 4.66. The van der Waals surface area contributed by atoms with E-state index in [1.807, 2.05) is 0 Å². The second-order valence-electron chi connectivity index (χ2n) is 9.74. The van der Waals surface area contributed by atoms with Gasteiger partial charge in [-0.3, -0.25) is 14.6 Å². The fourth-order valence-corrected chi connectivity index (χ4v) is 4.66. The maximum absolute atomic E-state index is 13.6. The number of carbonyl (C=O) groups excluding carboxylic acids is 3. The number of hydrogen-bond donors (Lipinski definition) is 1. The molecule has 1 N–H and O–H groups in total. The van der Waals surface area contributed by atoms with Crippen molar-refractivity contribution < 1.29 is 50.2 Å². The van der Waals surface area contributed by atoms with E-state index in [1.54, 1.807) is 13.1 Å². The lowest BCUT2D eigenvalue weighted by atomic mass is 10.00. The third-order valence-corrected chi connectivity index (χ3v) is 6.82. The molecule has 2 amide bonds. The van der Waals surface area contributed by atoms with Gasteiger partial charge in [-0.05, 0) is 66.1 Å². The molecule has 1 aliphatic rings. The molecule has 4 rings (SSSR count). The van der Waals surface area contributed by atoms with E-state index in [1.165, 1.54) is 41.0 Å². The Morgan fingerprint density at radius 3 is 2.39 bits per heavy atom. The normalized spacial score (nSPS) is 15.5. The third-order valence-electron chi connectivity index (χ3n) is 6.82. The Morgan fingerprint density at radius 2 is 1.75 bits per heavy atom. The van der Waals surface area contributed by atoms with Crippen LogP contribution in [0.2, 0.25) is 0 Å². The van der Waals surface area contributed by atoms with E-state index in [4.69, 9.17) is 4.74 Å². The minimum absolute atomic E-state index is 0.0304. The van der Waals surface area contributed by atoms with E-state index < -0.39 is 48.4 Å². The summed E-state index contributed by atoms with van der Waals surface area (Å²) in [4.78, 5) is 44.5. The van der Waals surface area contributed by atoms with Crippen molar-refractivity contribution in [3.05, 3.63) is 71.5 Å². The Kier molecular flexibility index (Phi) is 9.35. The highest BCUT2D eigenvalue weighted by molar-refractivity contribution is 6.02. The Morgan fingerprint density at radius 1 is 1.02 bits per heavy atom. The lowest BCUT2D eigenvalue weighted by Gasteiger charge is -2.39. The van der Waals surface area contributed by atoms with Crippen molar-refractivity contribution in [3.63, 3.8) is 0 Å². The molecule has 9 nitrogen and oxygen atoms in total. The molecule has 0 aliphatic carbocycles. The first-order chi connectivity index (χ1) is 20.7. The average molecular weight is 625 g/mol. The first-order valence-electron chi connectivity index (χ1n) is 13.1. The van der Waals surface area contributed by atoms with Gasteiger partial charge in [0.15, 0.2) is 6.61 Å². The third kappa shape index (κ3) is 7.57. The molecule has 3 aromatic rings. The van der Waals surface area contributed by atoms with Gasteiger partial charge in [0.2, 0.25) is 0 Å². The zero-order valence-corrected chi connectivity index (χ0v) is 23.3. The van der Waals surface area contributed by atoms with Crippen LogP contribution in [0.15, 0.2) is 54.7 Å². The molecule has 234 valence electrons. The molecule has 1 saturated heterocycles. The first kappa shape index (κ1) is 32.1. The van der Waals surface area contributed by atoms with E-state index in [9.17, 15) is 40.7 Å². The van der Waals surface area contributed by atoms with Gasteiger partial charge in [0, 0.05) is 38.6 Å². The number of carbonyl (C=O) groups is 3. The summed E-state index contributed by atoms with van der Waals surface area (Å²) in [6, 6.07) is 9.11. The van der Waals surface area contributed by atoms with Crippen molar-refractivity contribution in [1.82, 2.24) is 14.8 Å². The maximum atomic E-state index is 13.6. The number of halogens is 6. The Labute approximate surface area is 247 Å². The maximum Gasteiger partial charge on any atom is 0.573 e. The summed E-state index contributed by atoms with van der Waals surface area (Å²) in [6.07, 6.45) is -7.98. The molecule has 0 bridgehead atoms. The molecule has 0 spiro atoms. The van der Waals surface area contributed by atoms with Crippen molar-refractivity contribution in [2.45, 2.75) is 25.5 Å². The predicted octanol–water partition coefficient (Wildman–Crippen LogP) is 4.95. The van der Waals surface area contributed by atoms with Crippen LogP contribution in [0.3, 0.4) is 0 Å². The van der Waals surface area contributed by atoms with E-state index >= 15 is 0 Å². The van der Waals surface area contributed by atoms with Crippen LogP contribution in [0.5, 0.6) is 11.5 Å². The Balaban J connectivity index is 1.45. The number of amides is 2. The molecule has 0 saturated carbocycles. The highest BCUT2D eigenvalue weighted by atomic mass is 19.4. The zero-order chi connectivity index (χ0) is 32.2. The molecule has 1 unspecified atom stereocenters. The van der Waals surface area contributed by atoms with Crippen LogP contribution in [-0.2, 0) is 15.8 Å². The largest absolute Gasteiger partial charge is 0.573 e. The number of alkyl halides is 6. The van der Waals surface area contributed by atoms with Gasteiger partial charge in [-0.2, -0.15) is 13.2 Å². The second-order valence-corrected chi connectivity index (χ2v) is 9.74. The SMILES string of the molecule is CNc1ccc(-c2ccnc(C(F)(F)F)c2)cc1C(=O)N1CCN(C(=O)COc2ccc(OC(F)(F)F)cc2C)CC1C=O. The molecule has 15 heteroatoms. The van der Waals surface area contributed by atoms with Gasteiger partial charge in [0.1, 0.15) is 29.5 Å². The number of aromatic nitrogens is 1. The number of aryl methyl sites for hydroxylation is 1. The van der Waals surface area contributed by atoms with Crippen molar-refractivity contribution in [2.24, 2.45) is 0 Å². The van der Waals surface area contributed by atoms with Crippen LogP contribution in [0.1, 0.15) is 21.6 Å². The smallest absolute Gasteiger partial charge is 0.483 e. The molecule has 2 heterocycles. The summed E-state index contributed by atoms with van der Waals surface area (Å²) in [5.74, 6) is -1.37. The van der Waals surface area contributed by atoms with E-state index in [2.05, 4.69) is 15.0 Å². The van der Waals surface area contributed by atoms with Crippen molar-refractivity contribution in [3.8, 4) is 22.6 Å². The zero-order valence-electron chi connectivity index (χ0n) is 23.3. The van der Waals surface area contributed by atoms with Gasteiger partial charge in [0.05, 0.1) is 5.56 Å². The van der Waals surface area contributed by atoms with Crippen LogP contribution in [0.25, 0.3) is 11.1 Å². The minimum atomic E-state index is -4.86. The molecule has 1 aliphatic heterocycles. The number of nitrogens with one attached hydrogen (secondary N) is 1. The number of piperazine rings is 1. The summed E-state index contributed by atoms with van der Waals surface area (Å²) in [5.41, 5.74) is 0.200. The monoisotopic (exact) mass is 624 g/mol. The molecule has 1 aromatic heterocycles. The number of aldehydes is 1. The second kappa shape index (κ2) is 12.8. The molecular formula is C29H26F6N4O5. The molecule has 2 aromatic carbocycles. The quantitative estimate of drug-likeness (QED) is 0.280. The molecule has 1 fully saturated rings. The first-order valence-corrected chi connectivity index (χ1v) is 13.1. The Hall–Kier alpha value is -4.82. The lowest BCUT2D eigenvalue weighted by Crippen LogP contribution is -2.58. The van der Waals surface area contributed by atoms with E-state index in [0.29, 0.717) is 23.1 Å². The molecular weight excluding hydrogens is 598 g/mol. The summed E-state index contributed by atoms with van der Waals surface area (Å²) in [5, 5.41) is 2.87. The van der Waals surface area contributed by atoms with Crippen LogP contribution >= 0.6 is 0 Å². The summed E-state index contributed by atoms with van der Waals surface area (Å²) >= 11 is 0. The standard InChI is InChI=1S/C29H26F6N4O5/c1-17-11-21(44-29(33,34)35)4-6-24(17)43-16-26(41)38-9-10-39(20(14-38)15-40)27(42)22-12-18(3-5-23(22)36-2)19-7-8-37-25(13-19)28(30,31)32/h3-8,11-13,15,20,36H,9-10,14,16H2,1-2H3. The summed E-state index contributed by atoms with van der Waals surface area (Å²) < 4.78 is 86.3. The van der Waals surface area contributed by atoms with Gasteiger partial charge in [-0.25, -0.2) is 0 Å². The molecule has 44 heavy (non-hydrogen) atoms. The van der Waals surface area contributed by atoms with Gasteiger partial charge in [-0.15, -0.1) is 13.2 Å². The highest BCUT2D eigenvalue weighted by Crippen LogP contribution is 2.33. The topological polar surface area (TPSA) is 101 Å². The van der Waals surface area contributed by atoms with Gasteiger partial charge in [-0.1, -0.05) is 6.07 Å². The number of ether oxygens (including phenoxy) is 2. The molecule has 1 atom stereocenters. The predicted molar refractivity (Wildman–Crippen MR) is 145 cm³/mol. The van der Waals surface area contributed by atoms with Crippen LogP contribution in [0.4, 0.5) is 32.0 Å². The van der Waals surface area contributed by atoms with Crippen LogP contribution in [-0.4, -0.2) is 78.6 Å². The van der Waals surface area contributed by atoms with E-state index in [-0.39, 0.29) is 36.5 Å². The lowest BCUT2D eigenvalue weighted by molar-refractivity contribution is -0.274. The summed E-state index contributed by atoms with van der Waals surface area (Å²) in [6.45, 7) is 0.870. The van der Waals surface area contributed by atoms with Crippen molar-refractivity contribution >= 4 is 23.8 Å². The van der Waals surface area contributed by atoms with Crippen molar-refractivity contribution in [2.75, 3.05) is 38.6 Å². The van der Waals surface area contributed by atoms with Gasteiger partial charge in [0.25, 0.3) is 11.8 Å². The Bertz CT molecular complexity index is 1550. The van der Waals surface area contributed by atoms with Gasteiger partial charge >= 0.3 is 12.5 Å². The highest BCUT2D eigenvalue weighted by Gasteiger charge is 2.35. The van der Waals surface area contributed by atoms with Crippen molar-refractivity contribution in [1.29, 1.82) is 0 Å². The fraction of sp³-hybridized carbons (Fsp3) is 0.310. The summed E-state index contributed by atoms with van der Waals surface area (Å²) in [7, 11) is 1.56. The van der Waals surface area contributed by atoms with Crippen LogP contribution in [0, 0.1) is 6.92 Å².